The third-order valence-corrected chi connectivity index (χ3v) is 5.83. The number of ether oxygens (including phenoxy) is 1. The number of hydrogen-bond donors (Lipinski definition) is 1. The van der Waals surface area contributed by atoms with Crippen molar-refractivity contribution >= 4 is 5.91 Å². The highest BCUT2D eigenvalue weighted by atomic mass is 16.5. The van der Waals surface area contributed by atoms with Gasteiger partial charge >= 0.3 is 0 Å². The number of amides is 1. The molecule has 0 unspecified atom stereocenters. The van der Waals surface area contributed by atoms with Crippen molar-refractivity contribution in [1.29, 1.82) is 0 Å². The topological polar surface area (TPSA) is 69.0 Å². The molecule has 0 bridgehead atoms. The van der Waals surface area contributed by atoms with E-state index in [9.17, 15) is 4.79 Å². The van der Waals surface area contributed by atoms with Gasteiger partial charge in [-0.05, 0) is 56.7 Å². The molecular weight excluding hydrogens is 340 g/mol. The van der Waals surface area contributed by atoms with Crippen LogP contribution in [0.5, 0.6) is 5.75 Å². The van der Waals surface area contributed by atoms with Crippen LogP contribution in [0.15, 0.2) is 24.3 Å². The molecule has 2 saturated carbocycles. The molecule has 27 heavy (non-hydrogen) atoms. The summed E-state index contributed by atoms with van der Waals surface area (Å²) in [5, 5.41) is 11.5. The fourth-order valence-electron chi connectivity index (χ4n) is 4.12. The predicted molar refractivity (Wildman–Crippen MR) is 103 cm³/mol. The highest BCUT2D eigenvalue weighted by Gasteiger charge is 2.40. The second-order valence-electron chi connectivity index (χ2n) is 7.78. The first kappa shape index (κ1) is 18.0. The molecule has 0 spiro atoms. The molecular formula is C21H28N4O2. The zero-order valence-electron chi connectivity index (χ0n) is 16.1. The molecule has 6 nitrogen and oxygen atoms in total. The molecule has 2 atom stereocenters. The van der Waals surface area contributed by atoms with Gasteiger partial charge in [0.05, 0.1) is 12.3 Å². The minimum atomic E-state index is -0.108. The van der Waals surface area contributed by atoms with Crippen molar-refractivity contribution in [3.63, 3.8) is 0 Å². The fourth-order valence-corrected chi connectivity index (χ4v) is 4.12. The molecule has 6 heteroatoms. The van der Waals surface area contributed by atoms with Crippen molar-refractivity contribution in [2.45, 2.75) is 64.5 Å². The molecule has 2 aliphatic carbocycles. The second kappa shape index (κ2) is 7.71. The molecule has 1 N–H and O–H groups in total. The molecule has 2 aromatic rings. The van der Waals surface area contributed by atoms with E-state index < -0.39 is 0 Å². The van der Waals surface area contributed by atoms with Crippen LogP contribution < -0.4 is 10.1 Å². The standard InChI is InChI=1S/C21H28N4O2/c1-3-27-17-10-8-16(9-11-17)18-12-19(18)22-21(26)20-14(2)25(24-23-20)13-15-6-4-5-7-15/h8-11,15,18-19H,3-7,12-13H2,1-2H3,(H,22,26)/t18-,19+/m0/s1. The molecule has 144 valence electrons. The van der Waals surface area contributed by atoms with Crippen LogP contribution in [0.2, 0.25) is 0 Å². The smallest absolute Gasteiger partial charge is 0.273 e. The number of aromatic nitrogens is 3. The highest BCUT2D eigenvalue weighted by Crippen LogP contribution is 2.41. The van der Waals surface area contributed by atoms with Crippen molar-refractivity contribution in [1.82, 2.24) is 20.3 Å². The first-order valence-corrected chi connectivity index (χ1v) is 10.1. The van der Waals surface area contributed by atoms with Crippen LogP contribution in [0.1, 0.15) is 66.7 Å². The normalized spacial score (nSPS) is 22.0. The second-order valence-corrected chi connectivity index (χ2v) is 7.78. The van der Waals surface area contributed by atoms with Crippen LogP contribution in [0.4, 0.5) is 0 Å². The minimum absolute atomic E-state index is 0.108. The van der Waals surface area contributed by atoms with Crippen molar-refractivity contribution in [3.8, 4) is 5.75 Å². The lowest BCUT2D eigenvalue weighted by Crippen LogP contribution is -2.27. The van der Waals surface area contributed by atoms with Crippen LogP contribution >= 0.6 is 0 Å². The van der Waals surface area contributed by atoms with E-state index in [1.54, 1.807) is 0 Å². The molecule has 0 aliphatic heterocycles. The first-order valence-electron chi connectivity index (χ1n) is 10.1. The summed E-state index contributed by atoms with van der Waals surface area (Å²) in [6.45, 7) is 5.47. The Labute approximate surface area is 160 Å². The van der Waals surface area contributed by atoms with E-state index >= 15 is 0 Å². The molecule has 1 amide bonds. The lowest BCUT2D eigenvalue weighted by molar-refractivity contribution is 0.0944. The van der Waals surface area contributed by atoms with Crippen LogP contribution in [-0.4, -0.2) is 33.5 Å². The number of benzene rings is 1. The van der Waals surface area contributed by atoms with Gasteiger partial charge in [-0.1, -0.05) is 30.2 Å². The van der Waals surface area contributed by atoms with Gasteiger partial charge in [-0.25, -0.2) is 4.68 Å². The number of carbonyl (C=O) groups excluding carboxylic acids is 1. The summed E-state index contributed by atoms with van der Waals surface area (Å²) in [5.41, 5.74) is 2.58. The van der Waals surface area contributed by atoms with Gasteiger partial charge < -0.3 is 10.1 Å². The monoisotopic (exact) mass is 368 g/mol. The van der Waals surface area contributed by atoms with E-state index in [0.29, 0.717) is 24.1 Å². The van der Waals surface area contributed by atoms with Gasteiger partial charge in [-0.2, -0.15) is 0 Å². The Balaban J connectivity index is 1.34. The van der Waals surface area contributed by atoms with Gasteiger partial charge in [-0.3, -0.25) is 4.79 Å². The summed E-state index contributed by atoms with van der Waals surface area (Å²) in [7, 11) is 0. The largest absolute Gasteiger partial charge is 0.494 e. The number of carbonyl (C=O) groups is 1. The quantitative estimate of drug-likeness (QED) is 0.813. The fraction of sp³-hybridized carbons (Fsp3) is 0.571. The van der Waals surface area contributed by atoms with Crippen molar-refractivity contribution in [2.75, 3.05) is 6.61 Å². The van der Waals surface area contributed by atoms with E-state index in [4.69, 9.17) is 4.74 Å². The van der Waals surface area contributed by atoms with E-state index in [2.05, 4.69) is 27.8 Å². The molecule has 1 heterocycles. The van der Waals surface area contributed by atoms with Gasteiger partial charge in [0.15, 0.2) is 5.69 Å². The van der Waals surface area contributed by atoms with E-state index in [1.165, 1.54) is 31.2 Å². The molecule has 2 aliphatic rings. The third-order valence-electron chi connectivity index (χ3n) is 5.83. The molecule has 2 fully saturated rings. The van der Waals surface area contributed by atoms with Crippen LogP contribution in [0.3, 0.4) is 0 Å². The maximum atomic E-state index is 12.6. The lowest BCUT2D eigenvalue weighted by Gasteiger charge is -2.10. The van der Waals surface area contributed by atoms with Gasteiger partial charge in [0, 0.05) is 18.5 Å². The Morgan fingerprint density at radius 3 is 2.70 bits per heavy atom. The predicted octanol–water partition coefficient (Wildman–Crippen LogP) is 3.46. The van der Waals surface area contributed by atoms with Crippen LogP contribution in [0.25, 0.3) is 0 Å². The van der Waals surface area contributed by atoms with Gasteiger partial charge in [0.1, 0.15) is 5.75 Å². The Morgan fingerprint density at radius 2 is 2.00 bits per heavy atom. The minimum Gasteiger partial charge on any atom is -0.494 e. The van der Waals surface area contributed by atoms with Gasteiger partial charge in [-0.15, -0.1) is 5.10 Å². The maximum absolute atomic E-state index is 12.6. The number of hydrogen-bond acceptors (Lipinski definition) is 4. The molecule has 0 radical (unpaired) electrons. The summed E-state index contributed by atoms with van der Waals surface area (Å²) in [6.07, 6.45) is 6.09. The van der Waals surface area contributed by atoms with Crippen LogP contribution in [0, 0.1) is 12.8 Å². The van der Waals surface area contributed by atoms with E-state index in [-0.39, 0.29) is 11.9 Å². The third kappa shape index (κ3) is 3.99. The zero-order chi connectivity index (χ0) is 18.8. The summed E-state index contributed by atoms with van der Waals surface area (Å²) in [4.78, 5) is 12.6. The average Bonchev–Trinajstić information content (AvgIpc) is 3.06. The van der Waals surface area contributed by atoms with Gasteiger partial charge in [0.25, 0.3) is 5.91 Å². The lowest BCUT2D eigenvalue weighted by atomic mass is 10.1. The Morgan fingerprint density at radius 1 is 1.26 bits per heavy atom. The average molecular weight is 368 g/mol. The summed E-state index contributed by atoms with van der Waals surface area (Å²) < 4.78 is 7.39. The Kier molecular flexibility index (Phi) is 5.14. The SMILES string of the molecule is CCOc1ccc([C@@H]2C[C@H]2NC(=O)c2nnn(CC3CCCC3)c2C)cc1. The van der Waals surface area contributed by atoms with E-state index in [0.717, 1.165) is 24.4 Å². The van der Waals surface area contributed by atoms with Crippen molar-refractivity contribution < 1.29 is 9.53 Å². The summed E-state index contributed by atoms with van der Waals surface area (Å²) in [5.74, 6) is 1.83. The molecule has 4 rings (SSSR count). The van der Waals surface area contributed by atoms with Crippen molar-refractivity contribution in [3.05, 3.63) is 41.2 Å². The summed E-state index contributed by atoms with van der Waals surface area (Å²) >= 11 is 0. The van der Waals surface area contributed by atoms with Crippen molar-refractivity contribution in [2.24, 2.45) is 5.92 Å². The van der Waals surface area contributed by atoms with Gasteiger partial charge in [0.2, 0.25) is 0 Å². The highest BCUT2D eigenvalue weighted by molar-refractivity contribution is 5.93. The number of nitrogens with zero attached hydrogens (tertiary/aromatic N) is 3. The molecule has 1 aromatic heterocycles. The zero-order valence-corrected chi connectivity index (χ0v) is 16.1. The van der Waals surface area contributed by atoms with Crippen LogP contribution in [-0.2, 0) is 6.54 Å². The maximum Gasteiger partial charge on any atom is 0.273 e. The molecule has 1 aromatic carbocycles. The Bertz CT molecular complexity index is 793. The Hall–Kier alpha value is -2.37. The summed E-state index contributed by atoms with van der Waals surface area (Å²) in [6, 6.07) is 8.34. The number of rotatable bonds is 7. The first-order chi connectivity index (χ1) is 13.2. The molecule has 0 saturated heterocycles. The van der Waals surface area contributed by atoms with E-state index in [1.807, 2.05) is 30.7 Å². The number of nitrogens with one attached hydrogen (secondary N) is 1.